The fourth-order valence-corrected chi connectivity index (χ4v) is 32.7. The van der Waals surface area contributed by atoms with E-state index in [1.807, 2.05) is 0 Å². The minimum atomic E-state index is -3.52. The molecule has 0 radical (unpaired) electrons. The first kappa shape index (κ1) is 39.7. The highest BCUT2D eigenvalue weighted by Gasteiger charge is 2.59. The van der Waals surface area contributed by atoms with Crippen LogP contribution in [0.1, 0.15) is 77.0 Å². The summed E-state index contributed by atoms with van der Waals surface area (Å²) < 4.78 is 31.2. The molecule has 296 valence electrons. The summed E-state index contributed by atoms with van der Waals surface area (Å²) in [7, 11) is -12.4. The van der Waals surface area contributed by atoms with Crippen molar-refractivity contribution in [2.75, 3.05) is 0 Å². The maximum atomic E-state index is 7.80. The first-order chi connectivity index (χ1) is 25.0. The lowest BCUT2D eigenvalue weighted by Crippen LogP contribution is -2.66. The third kappa shape index (κ3) is 9.61. The lowest BCUT2D eigenvalue weighted by Gasteiger charge is -2.47. The largest absolute Gasteiger partial charge is 0.636 e. The van der Waals surface area contributed by atoms with Gasteiger partial charge in [0.25, 0.3) is 0 Å². The topological polar surface area (TPSA) is 36.9 Å². The van der Waals surface area contributed by atoms with E-state index >= 15 is 0 Å². The van der Waals surface area contributed by atoms with Crippen LogP contribution in [0.3, 0.4) is 0 Å². The Kier molecular flexibility index (Phi) is 11.4. The molecule has 8 bridgehead atoms. The summed E-state index contributed by atoms with van der Waals surface area (Å²) in [5, 5.41) is 0. The Hall–Kier alpha value is -0.116. The maximum Gasteiger partial charge on any atom is 0.636 e. The molecule has 4 nitrogen and oxygen atoms in total. The summed E-state index contributed by atoms with van der Waals surface area (Å²) in [6.45, 7) is 19.9. The Bertz CT molecular complexity index is 1220. The van der Waals surface area contributed by atoms with Crippen molar-refractivity contribution < 1.29 is 16.5 Å². The first-order valence-corrected chi connectivity index (χ1v) is 36.6. The predicted molar refractivity (Wildman–Crippen MR) is 233 cm³/mol. The van der Waals surface area contributed by atoms with Crippen LogP contribution in [0.5, 0.6) is 0 Å². The molecule has 0 aromatic heterocycles. The maximum absolute atomic E-state index is 7.80. The van der Waals surface area contributed by atoms with Crippen LogP contribution in [0.25, 0.3) is 0 Å². The minimum absolute atomic E-state index is 0.793. The summed E-state index contributed by atoms with van der Waals surface area (Å²) in [5.41, 5.74) is 0. The summed E-state index contributed by atoms with van der Waals surface area (Å²) in [5.74, 6) is 9.77. The Balaban J connectivity index is 1.03. The van der Waals surface area contributed by atoms with Gasteiger partial charge in [-0.15, -0.1) is 0 Å². The van der Waals surface area contributed by atoms with Crippen molar-refractivity contribution in [2.24, 2.45) is 71.0 Å². The van der Waals surface area contributed by atoms with Crippen LogP contribution in [0.15, 0.2) is 48.6 Å². The van der Waals surface area contributed by atoms with Gasteiger partial charge in [-0.25, -0.2) is 0 Å². The van der Waals surface area contributed by atoms with E-state index in [4.69, 9.17) is 16.5 Å². The molecule has 4 fully saturated rings. The number of rotatable bonds is 20. The molecule has 8 aliphatic rings. The van der Waals surface area contributed by atoms with Crippen molar-refractivity contribution in [3.05, 3.63) is 48.6 Å². The molecule has 8 aliphatic carbocycles. The van der Waals surface area contributed by atoms with Crippen LogP contribution in [0.2, 0.25) is 76.6 Å². The van der Waals surface area contributed by atoms with Crippen LogP contribution in [0, 0.1) is 71.0 Å². The summed E-state index contributed by atoms with van der Waals surface area (Å²) >= 11 is 0. The molecule has 0 saturated heterocycles. The van der Waals surface area contributed by atoms with Gasteiger partial charge in [-0.05, 0) is 199 Å². The number of fused-ring (bicyclic) bond motifs is 8. The number of hydrogen-bond donors (Lipinski definition) is 0. The van der Waals surface area contributed by atoms with E-state index in [9.17, 15) is 0 Å². The van der Waals surface area contributed by atoms with E-state index in [-0.39, 0.29) is 0 Å². The molecular weight excluding hydrogens is 733 g/mol. The molecule has 53 heavy (non-hydrogen) atoms. The average Bonchev–Trinajstić information content (AvgIpc) is 3.94. The first-order valence-electron chi connectivity index (χ1n) is 22.5. The summed E-state index contributed by atoms with van der Waals surface area (Å²) in [6.07, 6.45) is 36.3. The van der Waals surface area contributed by atoms with Crippen molar-refractivity contribution in [2.45, 2.75) is 154 Å². The van der Waals surface area contributed by atoms with Gasteiger partial charge in [0.2, 0.25) is 0 Å². The number of hydrogen-bond acceptors (Lipinski definition) is 4. The highest BCUT2D eigenvalue weighted by Crippen LogP contribution is 2.50. The second kappa shape index (κ2) is 15.2. The Morgan fingerprint density at radius 2 is 0.566 bits per heavy atom. The molecule has 0 aromatic rings. The second-order valence-corrected chi connectivity index (χ2v) is 42.6. The molecule has 12 unspecified atom stereocenters. The van der Waals surface area contributed by atoms with Crippen molar-refractivity contribution in [3.63, 3.8) is 0 Å². The quantitative estimate of drug-likeness (QED) is 0.0907. The van der Waals surface area contributed by atoms with Gasteiger partial charge >= 0.3 is 9.05 Å². The fraction of sp³-hybridized carbons (Fsp3) is 0.818. The number of allylic oxidation sites excluding steroid dienone is 8. The van der Waals surface area contributed by atoms with E-state index in [1.54, 1.807) is 0 Å². The van der Waals surface area contributed by atoms with Gasteiger partial charge in [0.1, 0.15) is 0 Å². The van der Waals surface area contributed by atoms with Gasteiger partial charge in [-0.2, -0.15) is 0 Å². The molecule has 0 N–H and O–H groups in total. The van der Waals surface area contributed by atoms with Crippen LogP contribution in [-0.2, 0) is 16.5 Å². The SMILES string of the molecule is C[Si](C)(CCC1CC2C=CC1C2)O[Si](O[Si](C)(C)CCC1CC2C=CC1C2)(O[Si](C)(C)CCC1CC2C=CC1C2)O[Si](C)(C)CCC1CC2C=CC1C2. The molecule has 8 rings (SSSR count). The zero-order valence-corrected chi connectivity index (χ0v) is 40.0. The van der Waals surface area contributed by atoms with E-state index < -0.39 is 42.3 Å². The third-order valence-corrected chi connectivity index (χ3v) is 34.6. The van der Waals surface area contributed by atoms with Gasteiger partial charge in [0, 0.05) is 0 Å². The lowest BCUT2D eigenvalue weighted by atomic mass is 9.91. The molecule has 0 aromatic carbocycles. The highest BCUT2D eigenvalue weighted by molar-refractivity contribution is 6.92. The molecule has 4 saturated carbocycles. The fourth-order valence-electron chi connectivity index (χ4n) is 12.7. The van der Waals surface area contributed by atoms with Crippen molar-refractivity contribution in [1.82, 2.24) is 0 Å². The van der Waals surface area contributed by atoms with Crippen LogP contribution in [0.4, 0.5) is 0 Å². The van der Waals surface area contributed by atoms with Crippen LogP contribution < -0.4 is 0 Å². The predicted octanol–water partition coefficient (Wildman–Crippen LogP) is 12.7. The average molecular weight is 810 g/mol. The van der Waals surface area contributed by atoms with Gasteiger partial charge in [-0.1, -0.05) is 74.3 Å². The monoisotopic (exact) mass is 808 g/mol. The van der Waals surface area contributed by atoms with Crippen LogP contribution >= 0.6 is 0 Å². The van der Waals surface area contributed by atoms with Crippen LogP contribution in [-0.4, -0.2) is 42.3 Å². The highest BCUT2D eigenvalue weighted by atomic mass is 28.5. The molecule has 0 heterocycles. The van der Waals surface area contributed by atoms with Gasteiger partial charge in [0.05, 0.1) is 0 Å². The van der Waals surface area contributed by atoms with E-state index in [2.05, 4.69) is 101 Å². The molecule has 0 amide bonds. The smallest absolute Gasteiger partial charge is 0.396 e. The standard InChI is InChI=1S/C44H76O4Si5/c1-49(2,21-17-41-29-33-9-13-37(41)25-33)45-53(46-50(3,4)22-18-42-30-34-10-14-38(42)26-34,47-51(5,6)23-19-43-31-35-11-15-39(43)27-35)48-52(7,8)24-20-44-32-36-12-16-40(44)28-36/h9-16,33-44H,17-32H2,1-8H3. The van der Waals surface area contributed by atoms with Gasteiger partial charge in [-0.3, -0.25) is 0 Å². The molecule has 0 aliphatic heterocycles. The Morgan fingerprint density at radius 1 is 0.340 bits per heavy atom. The Morgan fingerprint density at radius 3 is 0.736 bits per heavy atom. The molecule has 9 heteroatoms. The van der Waals surface area contributed by atoms with E-state index in [1.165, 1.54) is 101 Å². The summed E-state index contributed by atoms with van der Waals surface area (Å²) in [6, 6.07) is 4.71. The van der Waals surface area contributed by atoms with E-state index in [0.717, 1.165) is 71.0 Å². The normalized spacial score (nSPS) is 39.1. The van der Waals surface area contributed by atoms with E-state index in [0.29, 0.717) is 0 Å². The zero-order valence-electron chi connectivity index (χ0n) is 35.0. The third-order valence-electron chi connectivity index (χ3n) is 15.7. The van der Waals surface area contributed by atoms with Crippen molar-refractivity contribution in [3.8, 4) is 0 Å². The van der Waals surface area contributed by atoms with Crippen molar-refractivity contribution in [1.29, 1.82) is 0 Å². The van der Waals surface area contributed by atoms with Gasteiger partial charge < -0.3 is 16.5 Å². The van der Waals surface area contributed by atoms with Gasteiger partial charge in [0.15, 0.2) is 33.3 Å². The minimum Gasteiger partial charge on any atom is -0.396 e. The molecular formula is C44H76O4Si5. The lowest BCUT2D eigenvalue weighted by molar-refractivity contribution is 0.143. The summed E-state index contributed by atoms with van der Waals surface area (Å²) in [4.78, 5) is 0. The Labute approximate surface area is 330 Å². The second-order valence-electron chi connectivity index (χ2n) is 22.3. The molecule has 12 atom stereocenters. The zero-order chi connectivity index (χ0) is 37.2. The van der Waals surface area contributed by atoms with Crippen molar-refractivity contribution >= 4 is 42.3 Å². The molecule has 0 spiro atoms.